The number of methoxy groups -OCH3 is 2. The molecule has 3 aliphatic rings. The molecule has 10 nitrogen and oxygen atoms in total. The molecule has 3 atom stereocenters. The number of benzene rings is 2. The number of Topliss-reactive ketones (excluding diaryl/α,β-unsaturated/α-hetero) is 1. The van der Waals surface area contributed by atoms with E-state index in [1.165, 1.54) is 0 Å². The van der Waals surface area contributed by atoms with Crippen molar-refractivity contribution in [3.05, 3.63) is 70.9 Å². The molecule has 0 spiro atoms. The van der Waals surface area contributed by atoms with Crippen LogP contribution in [0.2, 0.25) is 0 Å². The molecule has 0 aromatic heterocycles. The van der Waals surface area contributed by atoms with E-state index < -0.39 is 5.97 Å². The summed E-state index contributed by atoms with van der Waals surface area (Å²) in [4.78, 5) is 42.9. The predicted molar refractivity (Wildman–Crippen MR) is 153 cm³/mol. The third-order valence-electron chi connectivity index (χ3n) is 8.11. The lowest BCUT2D eigenvalue weighted by Crippen LogP contribution is -2.55. The molecule has 0 saturated carbocycles. The fraction of sp³-hybridized carbons (Fsp3) is 0.469. The van der Waals surface area contributed by atoms with Crippen molar-refractivity contribution in [2.24, 2.45) is 0 Å². The normalized spacial score (nSPS) is 21.0. The number of fused-ring (bicyclic) bond motifs is 6. The van der Waals surface area contributed by atoms with Crippen molar-refractivity contribution < 1.29 is 38.1 Å². The summed E-state index contributed by atoms with van der Waals surface area (Å²) in [5.74, 6) is 0.192. The molecule has 2 aromatic rings. The maximum Gasteiger partial charge on any atom is 0.410 e. The van der Waals surface area contributed by atoms with Crippen LogP contribution in [0.4, 0.5) is 4.79 Å². The maximum absolute atomic E-state index is 13.2. The number of amides is 1. The van der Waals surface area contributed by atoms with Crippen LogP contribution in [0.25, 0.3) is 0 Å². The molecule has 3 aliphatic heterocycles. The minimum Gasteiger partial charge on any atom is -0.493 e. The molecular formula is C32H38N2O8. The van der Waals surface area contributed by atoms with Crippen LogP contribution in [0.3, 0.4) is 0 Å². The monoisotopic (exact) mass is 578 g/mol. The molecule has 2 aromatic carbocycles. The van der Waals surface area contributed by atoms with Crippen molar-refractivity contribution in [3.8, 4) is 11.5 Å². The molecule has 1 saturated heterocycles. The van der Waals surface area contributed by atoms with Gasteiger partial charge in [0.05, 0.1) is 26.4 Å². The minimum atomic E-state index is -0.609. The zero-order valence-corrected chi connectivity index (χ0v) is 24.4. The molecule has 1 amide bonds. The number of likely N-dealkylation sites (tertiary alicyclic amines) is 1. The van der Waals surface area contributed by atoms with Gasteiger partial charge in [0.15, 0.2) is 17.3 Å². The van der Waals surface area contributed by atoms with Gasteiger partial charge in [-0.2, -0.15) is 0 Å². The van der Waals surface area contributed by atoms with Crippen LogP contribution >= 0.6 is 0 Å². The molecule has 0 bridgehead atoms. The molecule has 224 valence electrons. The zero-order chi connectivity index (χ0) is 29.6. The number of carbonyl (C=O) groups excluding carboxylic acids is 3. The number of nitrogens with zero attached hydrogens (tertiary/aromatic N) is 2. The number of hydrogen-bond donors (Lipinski definition) is 0. The van der Waals surface area contributed by atoms with Gasteiger partial charge in [0.1, 0.15) is 12.2 Å². The highest BCUT2D eigenvalue weighted by Crippen LogP contribution is 2.50. The Hall–Kier alpha value is -4.05. The third-order valence-corrected chi connectivity index (χ3v) is 8.11. The lowest BCUT2D eigenvalue weighted by Gasteiger charge is -2.52. The van der Waals surface area contributed by atoms with Gasteiger partial charge in [0.25, 0.3) is 0 Å². The first kappa shape index (κ1) is 29.4. The molecule has 3 heterocycles. The smallest absolute Gasteiger partial charge is 0.410 e. The van der Waals surface area contributed by atoms with E-state index in [9.17, 15) is 14.4 Å². The molecule has 3 unspecified atom stereocenters. The van der Waals surface area contributed by atoms with Gasteiger partial charge in [-0.25, -0.2) is 9.59 Å². The highest BCUT2D eigenvalue weighted by atomic mass is 16.6. The Bertz CT molecular complexity index is 1330. The van der Waals surface area contributed by atoms with Crippen molar-refractivity contribution in [1.29, 1.82) is 0 Å². The SMILES string of the molecule is CCOC(=O)C1=CN2C(CC1=O)c1cc(OC)c(OCCCOC)cc1C1CN(C(=O)OCc3ccccc3)CCC12. The summed E-state index contributed by atoms with van der Waals surface area (Å²) in [6.07, 6.45) is 2.79. The van der Waals surface area contributed by atoms with Crippen molar-refractivity contribution in [2.75, 3.05) is 47.1 Å². The maximum atomic E-state index is 13.2. The quantitative estimate of drug-likeness (QED) is 0.231. The van der Waals surface area contributed by atoms with Gasteiger partial charge in [-0.15, -0.1) is 0 Å². The number of piperidine rings is 1. The predicted octanol–water partition coefficient (Wildman–Crippen LogP) is 4.38. The van der Waals surface area contributed by atoms with E-state index in [1.54, 1.807) is 32.2 Å². The summed E-state index contributed by atoms with van der Waals surface area (Å²) in [5, 5.41) is 0. The Labute approximate surface area is 246 Å². The van der Waals surface area contributed by atoms with Crippen LogP contribution in [0.15, 0.2) is 54.2 Å². The molecule has 0 N–H and O–H groups in total. The van der Waals surface area contributed by atoms with Gasteiger partial charge < -0.3 is 33.5 Å². The second-order valence-corrected chi connectivity index (χ2v) is 10.6. The summed E-state index contributed by atoms with van der Waals surface area (Å²) in [6.45, 7) is 4.03. The third kappa shape index (κ3) is 6.09. The topological polar surface area (TPSA) is 104 Å². The van der Waals surface area contributed by atoms with Crippen LogP contribution in [0.1, 0.15) is 54.8 Å². The number of rotatable bonds is 10. The van der Waals surface area contributed by atoms with Crippen molar-refractivity contribution >= 4 is 17.8 Å². The number of ether oxygens (including phenoxy) is 5. The first-order chi connectivity index (χ1) is 20.4. The molecule has 10 heteroatoms. The number of carbonyl (C=O) groups is 3. The average Bonchev–Trinajstić information content (AvgIpc) is 3.01. The number of esters is 1. The summed E-state index contributed by atoms with van der Waals surface area (Å²) in [5.41, 5.74) is 2.91. The van der Waals surface area contributed by atoms with Gasteiger partial charge in [0.2, 0.25) is 0 Å². The summed E-state index contributed by atoms with van der Waals surface area (Å²) in [6, 6.07) is 13.2. The minimum absolute atomic E-state index is 0.0482. The fourth-order valence-electron chi connectivity index (χ4n) is 6.11. The van der Waals surface area contributed by atoms with E-state index in [1.807, 2.05) is 42.5 Å². The van der Waals surface area contributed by atoms with E-state index in [4.69, 9.17) is 23.7 Å². The van der Waals surface area contributed by atoms with Gasteiger partial charge in [-0.05, 0) is 42.2 Å². The van der Waals surface area contributed by atoms with E-state index in [2.05, 4.69) is 4.90 Å². The van der Waals surface area contributed by atoms with Crippen LogP contribution in [-0.4, -0.2) is 80.8 Å². The summed E-state index contributed by atoms with van der Waals surface area (Å²) in [7, 11) is 3.24. The van der Waals surface area contributed by atoms with E-state index in [0.29, 0.717) is 44.2 Å². The molecular weight excluding hydrogens is 540 g/mol. The molecule has 1 fully saturated rings. The second kappa shape index (κ2) is 13.3. The Kier molecular flexibility index (Phi) is 9.31. The standard InChI is InChI=1S/C32H38N2O8/c1-4-40-31(36)25-19-34-26-11-12-33(32(37)42-20-21-9-6-5-7-10-21)18-24(26)22-15-30(41-14-8-13-38-2)29(39-3)16-23(22)27(34)17-28(25)35/h5-7,9-10,15-16,19,24,26-27H,4,8,11-14,17-18,20H2,1-3H3. The highest BCUT2D eigenvalue weighted by Gasteiger charge is 2.47. The van der Waals surface area contributed by atoms with Crippen LogP contribution in [0, 0.1) is 0 Å². The summed E-state index contributed by atoms with van der Waals surface area (Å²) < 4.78 is 27.8. The molecule has 5 rings (SSSR count). The lowest BCUT2D eigenvalue weighted by atomic mass is 9.74. The lowest BCUT2D eigenvalue weighted by molar-refractivity contribution is -0.140. The average molecular weight is 579 g/mol. The van der Waals surface area contributed by atoms with Gasteiger partial charge in [0, 0.05) is 57.8 Å². The van der Waals surface area contributed by atoms with Crippen molar-refractivity contribution in [2.45, 2.75) is 50.8 Å². The Morgan fingerprint density at radius 2 is 1.79 bits per heavy atom. The Morgan fingerprint density at radius 1 is 1.00 bits per heavy atom. The molecule has 42 heavy (non-hydrogen) atoms. The van der Waals surface area contributed by atoms with E-state index in [0.717, 1.165) is 23.1 Å². The highest BCUT2D eigenvalue weighted by molar-refractivity contribution is 6.17. The van der Waals surface area contributed by atoms with E-state index >= 15 is 0 Å². The first-order valence-electron chi connectivity index (χ1n) is 14.4. The first-order valence-corrected chi connectivity index (χ1v) is 14.4. The molecule has 0 aliphatic carbocycles. The fourth-order valence-corrected chi connectivity index (χ4v) is 6.11. The zero-order valence-electron chi connectivity index (χ0n) is 24.4. The van der Waals surface area contributed by atoms with Crippen LogP contribution < -0.4 is 9.47 Å². The van der Waals surface area contributed by atoms with Gasteiger partial charge in [-0.1, -0.05) is 30.3 Å². The van der Waals surface area contributed by atoms with E-state index in [-0.39, 0.29) is 55.1 Å². The number of ketones is 1. The van der Waals surface area contributed by atoms with Crippen LogP contribution in [-0.2, 0) is 30.4 Å². The van der Waals surface area contributed by atoms with Crippen LogP contribution in [0.5, 0.6) is 11.5 Å². The van der Waals surface area contributed by atoms with Crippen molar-refractivity contribution in [3.63, 3.8) is 0 Å². The van der Waals surface area contributed by atoms with Crippen molar-refractivity contribution in [1.82, 2.24) is 9.80 Å². The Morgan fingerprint density at radius 3 is 2.52 bits per heavy atom. The second-order valence-electron chi connectivity index (χ2n) is 10.6. The summed E-state index contributed by atoms with van der Waals surface area (Å²) >= 11 is 0. The number of hydrogen-bond acceptors (Lipinski definition) is 9. The largest absolute Gasteiger partial charge is 0.493 e. The van der Waals surface area contributed by atoms with Gasteiger partial charge in [-0.3, -0.25) is 4.79 Å². The van der Waals surface area contributed by atoms with Gasteiger partial charge >= 0.3 is 12.1 Å². The molecule has 0 radical (unpaired) electrons. The Balaban J connectivity index is 1.47.